The second-order valence-electron chi connectivity index (χ2n) is 2.62. The van der Waals surface area contributed by atoms with E-state index in [-0.39, 0.29) is 6.29 Å². The summed E-state index contributed by atoms with van der Waals surface area (Å²) in [5.41, 5.74) is 0. The van der Waals surface area contributed by atoms with E-state index < -0.39 is 0 Å². The zero-order valence-electron chi connectivity index (χ0n) is 9.22. The molecular weight excluding hydrogens is 152 g/mol. The number of methoxy groups -OCH3 is 1. The summed E-state index contributed by atoms with van der Waals surface area (Å²) in [6.07, 6.45) is 3.36. The average molecular weight is 176 g/mol. The highest BCUT2D eigenvalue weighted by atomic mass is 16.7. The topological polar surface area (TPSA) is 18.5 Å². The summed E-state index contributed by atoms with van der Waals surface area (Å²) in [4.78, 5) is 0. The molecule has 0 saturated carbocycles. The first kappa shape index (κ1) is 14.4. The van der Waals surface area contributed by atoms with Crippen LogP contribution in [0.4, 0.5) is 0 Å². The Hall–Kier alpha value is -0.0800. The molecule has 2 nitrogen and oxygen atoms in total. The van der Waals surface area contributed by atoms with E-state index in [9.17, 15) is 0 Å². The molecular formula is C10H24O2. The van der Waals surface area contributed by atoms with Gasteiger partial charge in [0.05, 0.1) is 0 Å². The first-order valence-corrected chi connectivity index (χ1v) is 4.91. The highest BCUT2D eigenvalue weighted by Gasteiger charge is 2.02. The van der Waals surface area contributed by atoms with E-state index in [0.717, 1.165) is 19.4 Å². The fourth-order valence-electron chi connectivity index (χ4n) is 0.691. The molecule has 2 heteroatoms. The SMILES string of the molecule is CCC.CCCC(OC)OCC. The maximum absolute atomic E-state index is 5.21. The van der Waals surface area contributed by atoms with Crippen molar-refractivity contribution in [3.8, 4) is 0 Å². The quantitative estimate of drug-likeness (QED) is 0.599. The van der Waals surface area contributed by atoms with Gasteiger partial charge in [-0.3, -0.25) is 0 Å². The van der Waals surface area contributed by atoms with Crippen LogP contribution in [0.1, 0.15) is 47.0 Å². The minimum atomic E-state index is 0.0139. The molecule has 76 valence electrons. The second kappa shape index (κ2) is 13.5. The van der Waals surface area contributed by atoms with Crippen molar-refractivity contribution in [3.63, 3.8) is 0 Å². The van der Waals surface area contributed by atoms with Gasteiger partial charge >= 0.3 is 0 Å². The van der Waals surface area contributed by atoms with Gasteiger partial charge < -0.3 is 9.47 Å². The molecule has 0 aromatic carbocycles. The van der Waals surface area contributed by atoms with Crippen molar-refractivity contribution in [1.82, 2.24) is 0 Å². The van der Waals surface area contributed by atoms with E-state index in [1.54, 1.807) is 7.11 Å². The lowest BCUT2D eigenvalue weighted by molar-refractivity contribution is -0.123. The standard InChI is InChI=1S/C7H16O2.C3H8/c1-4-6-7(8-3)9-5-2;1-3-2/h7H,4-6H2,1-3H3;3H2,1-2H3. The highest BCUT2D eigenvalue weighted by Crippen LogP contribution is 2.01. The summed E-state index contributed by atoms with van der Waals surface area (Å²) >= 11 is 0. The normalized spacial score (nSPS) is 11.8. The Kier molecular flexibility index (Phi) is 16.3. The molecule has 0 aliphatic rings. The van der Waals surface area contributed by atoms with Gasteiger partial charge in [-0.2, -0.15) is 0 Å². The Labute approximate surface area is 77.3 Å². The summed E-state index contributed by atoms with van der Waals surface area (Å²) in [7, 11) is 1.68. The molecule has 1 atom stereocenters. The van der Waals surface area contributed by atoms with Crippen LogP contribution in [-0.4, -0.2) is 20.0 Å². The largest absolute Gasteiger partial charge is 0.356 e. The monoisotopic (exact) mass is 176 g/mol. The molecule has 0 fully saturated rings. The molecule has 0 saturated heterocycles. The Morgan fingerprint density at radius 2 is 1.58 bits per heavy atom. The molecule has 0 spiro atoms. The summed E-state index contributed by atoms with van der Waals surface area (Å²) in [5.74, 6) is 0. The third-order valence-electron chi connectivity index (χ3n) is 1.14. The van der Waals surface area contributed by atoms with Crippen LogP contribution in [0.3, 0.4) is 0 Å². The van der Waals surface area contributed by atoms with Crippen molar-refractivity contribution in [2.75, 3.05) is 13.7 Å². The van der Waals surface area contributed by atoms with Crippen molar-refractivity contribution < 1.29 is 9.47 Å². The number of rotatable bonds is 5. The molecule has 12 heavy (non-hydrogen) atoms. The Morgan fingerprint density at radius 3 is 1.83 bits per heavy atom. The van der Waals surface area contributed by atoms with Crippen LogP contribution in [0.25, 0.3) is 0 Å². The maximum atomic E-state index is 5.21. The first-order valence-electron chi connectivity index (χ1n) is 4.91. The van der Waals surface area contributed by atoms with Gasteiger partial charge in [-0.25, -0.2) is 0 Å². The van der Waals surface area contributed by atoms with Crippen LogP contribution in [0, 0.1) is 0 Å². The van der Waals surface area contributed by atoms with Crippen molar-refractivity contribution >= 4 is 0 Å². The smallest absolute Gasteiger partial charge is 0.157 e. The average Bonchev–Trinajstić information content (AvgIpc) is 2.05. The van der Waals surface area contributed by atoms with Gasteiger partial charge in [-0.05, 0) is 13.3 Å². The van der Waals surface area contributed by atoms with Gasteiger partial charge in [0.15, 0.2) is 6.29 Å². The van der Waals surface area contributed by atoms with Gasteiger partial charge in [0.25, 0.3) is 0 Å². The number of hydrogen-bond donors (Lipinski definition) is 0. The highest BCUT2D eigenvalue weighted by molar-refractivity contribution is 4.39. The predicted octanol–water partition coefficient (Wildman–Crippen LogP) is 3.21. The molecule has 0 aromatic rings. The molecule has 0 bridgehead atoms. The summed E-state index contributed by atoms with van der Waals surface area (Å²) in [5, 5.41) is 0. The molecule has 0 aromatic heterocycles. The van der Waals surface area contributed by atoms with Crippen molar-refractivity contribution in [1.29, 1.82) is 0 Å². The van der Waals surface area contributed by atoms with E-state index in [1.165, 1.54) is 6.42 Å². The van der Waals surface area contributed by atoms with Gasteiger partial charge in [0.2, 0.25) is 0 Å². The van der Waals surface area contributed by atoms with E-state index in [0.29, 0.717) is 0 Å². The van der Waals surface area contributed by atoms with Crippen LogP contribution in [-0.2, 0) is 9.47 Å². The molecule has 0 N–H and O–H groups in total. The van der Waals surface area contributed by atoms with Crippen molar-refractivity contribution in [3.05, 3.63) is 0 Å². The minimum Gasteiger partial charge on any atom is -0.356 e. The Morgan fingerprint density at radius 1 is 1.08 bits per heavy atom. The fourth-order valence-corrected chi connectivity index (χ4v) is 0.691. The van der Waals surface area contributed by atoms with Crippen LogP contribution in [0.5, 0.6) is 0 Å². The molecule has 0 radical (unpaired) electrons. The first-order chi connectivity index (χ1) is 5.76. The molecule has 0 aliphatic heterocycles. The van der Waals surface area contributed by atoms with Crippen molar-refractivity contribution in [2.45, 2.75) is 53.2 Å². The second-order valence-corrected chi connectivity index (χ2v) is 2.62. The van der Waals surface area contributed by atoms with E-state index in [4.69, 9.17) is 9.47 Å². The molecule has 1 unspecified atom stereocenters. The lowest BCUT2D eigenvalue weighted by Crippen LogP contribution is -2.14. The van der Waals surface area contributed by atoms with Gasteiger partial charge in [-0.15, -0.1) is 0 Å². The lowest BCUT2D eigenvalue weighted by atomic mass is 10.3. The third kappa shape index (κ3) is 12.6. The summed E-state index contributed by atoms with van der Waals surface area (Å²) in [6, 6.07) is 0. The Bertz CT molecular complexity index is 58.9. The van der Waals surface area contributed by atoms with Gasteiger partial charge in [0.1, 0.15) is 0 Å². The summed E-state index contributed by atoms with van der Waals surface area (Å²) in [6.45, 7) is 9.07. The Balaban J connectivity index is 0. The fraction of sp³-hybridized carbons (Fsp3) is 1.00. The van der Waals surface area contributed by atoms with Gasteiger partial charge in [-0.1, -0.05) is 33.6 Å². The predicted molar refractivity (Wildman–Crippen MR) is 53.3 cm³/mol. The zero-order valence-corrected chi connectivity index (χ0v) is 9.22. The number of ether oxygens (including phenoxy) is 2. The number of hydrogen-bond acceptors (Lipinski definition) is 2. The molecule has 0 rings (SSSR count). The van der Waals surface area contributed by atoms with Crippen LogP contribution >= 0.6 is 0 Å². The van der Waals surface area contributed by atoms with Crippen LogP contribution < -0.4 is 0 Å². The molecule has 0 heterocycles. The van der Waals surface area contributed by atoms with Crippen LogP contribution in [0.15, 0.2) is 0 Å². The minimum absolute atomic E-state index is 0.0139. The van der Waals surface area contributed by atoms with Gasteiger partial charge in [0, 0.05) is 13.7 Å². The van der Waals surface area contributed by atoms with E-state index >= 15 is 0 Å². The van der Waals surface area contributed by atoms with Crippen LogP contribution in [0.2, 0.25) is 0 Å². The van der Waals surface area contributed by atoms with Crippen molar-refractivity contribution in [2.24, 2.45) is 0 Å². The van der Waals surface area contributed by atoms with E-state index in [1.807, 2.05) is 6.92 Å². The zero-order chi connectivity index (χ0) is 9.82. The molecule has 0 amide bonds. The maximum Gasteiger partial charge on any atom is 0.157 e. The lowest BCUT2D eigenvalue weighted by Gasteiger charge is -2.12. The summed E-state index contributed by atoms with van der Waals surface area (Å²) < 4.78 is 10.2. The molecule has 0 aliphatic carbocycles. The van der Waals surface area contributed by atoms with E-state index in [2.05, 4.69) is 20.8 Å². The third-order valence-corrected chi connectivity index (χ3v) is 1.14.